The normalized spacial score (nSPS) is 12.2. The fourth-order valence-corrected chi connectivity index (χ4v) is 8.54. The zero-order valence-corrected chi connectivity index (χ0v) is 22.8. The van der Waals surface area contributed by atoms with Crippen LogP contribution in [0.2, 0.25) is 12.1 Å². The first-order chi connectivity index (χ1) is 14.9. The van der Waals surface area contributed by atoms with E-state index in [1.165, 1.54) is 0 Å². The van der Waals surface area contributed by atoms with Crippen molar-refractivity contribution < 1.29 is 31.3 Å². The minimum absolute atomic E-state index is 0.580. The quantitative estimate of drug-likeness (QED) is 0.146. The minimum Gasteiger partial charge on any atom is -0.467 e. The molecule has 31 heavy (non-hydrogen) atoms. The van der Waals surface area contributed by atoms with Gasteiger partial charge in [0.25, 0.3) is 0 Å². The molecule has 0 fully saturated rings. The fraction of sp³-hybridized carbons (Fsp3) is 0.818. The summed E-state index contributed by atoms with van der Waals surface area (Å²) < 4.78 is 41.2. The van der Waals surface area contributed by atoms with Crippen molar-refractivity contribution in [1.82, 2.24) is 0 Å². The summed E-state index contributed by atoms with van der Waals surface area (Å²) in [6, 6.07) is 1.48. The lowest BCUT2D eigenvalue weighted by atomic mass is 10.3. The molecule has 0 saturated heterocycles. The van der Waals surface area contributed by atoms with Crippen LogP contribution in [0.4, 0.5) is 0 Å². The minimum atomic E-state index is -2.62. The smallest absolute Gasteiger partial charge is 0.467 e. The van der Waals surface area contributed by atoms with Crippen LogP contribution in [0.15, 0.2) is 24.7 Å². The SMILES string of the molecule is C=C(CCC[Si](OCC)(OCC)OCC)OC(=C)CCC[Si](OCC)(OCC)OCC. The summed E-state index contributed by atoms with van der Waals surface area (Å²) in [5.41, 5.74) is 0. The largest absolute Gasteiger partial charge is 0.500 e. The second kappa shape index (κ2) is 18.0. The average Bonchev–Trinajstić information content (AvgIpc) is 2.69. The lowest BCUT2D eigenvalue weighted by Gasteiger charge is -2.28. The summed E-state index contributed by atoms with van der Waals surface area (Å²) in [6.07, 6.45) is 3.06. The monoisotopic (exact) mass is 478 g/mol. The molecule has 0 aliphatic heterocycles. The van der Waals surface area contributed by atoms with E-state index in [0.717, 1.165) is 24.9 Å². The molecule has 184 valence electrons. The lowest BCUT2D eigenvalue weighted by Crippen LogP contribution is -2.45. The number of ether oxygens (including phenoxy) is 1. The Kier molecular flexibility index (Phi) is 17.7. The highest BCUT2D eigenvalue weighted by Gasteiger charge is 2.40. The predicted octanol–water partition coefficient (Wildman–Crippen LogP) is 5.69. The van der Waals surface area contributed by atoms with Crippen molar-refractivity contribution in [2.45, 2.75) is 79.3 Å². The van der Waals surface area contributed by atoms with Gasteiger partial charge in [-0.05, 0) is 54.4 Å². The van der Waals surface area contributed by atoms with Crippen LogP contribution in [-0.4, -0.2) is 57.3 Å². The van der Waals surface area contributed by atoms with Gasteiger partial charge in [-0.25, -0.2) is 0 Å². The fourth-order valence-electron chi connectivity index (χ4n) is 3.31. The molecule has 0 saturated carbocycles. The third-order valence-electron chi connectivity index (χ3n) is 4.35. The summed E-state index contributed by atoms with van der Waals surface area (Å²) >= 11 is 0. The van der Waals surface area contributed by atoms with Gasteiger partial charge in [0, 0.05) is 64.6 Å². The highest BCUT2D eigenvalue weighted by Crippen LogP contribution is 2.24. The van der Waals surface area contributed by atoms with Gasteiger partial charge in [-0.1, -0.05) is 13.2 Å². The van der Waals surface area contributed by atoms with Gasteiger partial charge in [-0.3, -0.25) is 0 Å². The molecule has 0 heterocycles. The molecule has 0 rings (SSSR count). The molecule has 0 aromatic rings. The van der Waals surface area contributed by atoms with Gasteiger partial charge < -0.3 is 31.3 Å². The van der Waals surface area contributed by atoms with Gasteiger partial charge in [0.15, 0.2) is 0 Å². The maximum Gasteiger partial charge on any atom is 0.500 e. The highest BCUT2D eigenvalue weighted by atomic mass is 28.4. The third kappa shape index (κ3) is 12.9. The van der Waals surface area contributed by atoms with Gasteiger partial charge in [-0.15, -0.1) is 0 Å². The van der Waals surface area contributed by atoms with E-state index in [1.807, 2.05) is 41.5 Å². The van der Waals surface area contributed by atoms with Crippen molar-refractivity contribution in [2.24, 2.45) is 0 Å². The van der Waals surface area contributed by atoms with Gasteiger partial charge in [0.1, 0.15) is 0 Å². The molecular weight excluding hydrogens is 432 g/mol. The molecule has 0 aromatic heterocycles. The average molecular weight is 479 g/mol. The molecule has 0 N–H and O–H groups in total. The molecule has 0 aromatic carbocycles. The Labute approximate surface area is 192 Å². The van der Waals surface area contributed by atoms with Crippen LogP contribution in [0.1, 0.15) is 67.2 Å². The first kappa shape index (κ1) is 30.5. The van der Waals surface area contributed by atoms with Crippen molar-refractivity contribution in [1.29, 1.82) is 0 Å². The summed E-state index contributed by atoms with van der Waals surface area (Å²) in [7, 11) is -5.25. The van der Waals surface area contributed by atoms with Crippen molar-refractivity contribution in [3.8, 4) is 0 Å². The second-order valence-corrected chi connectivity index (χ2v) is 12.3. The molecule has 0 atom stereocenters. The van der Waals surface area contributed by atoms with Crippen LogP contribution >= 0.6 is 0 Å². The van der Waals surface area contributed by atoms with E-state index in [4.69, 9.17) is 31.3 Å². The Bertz CT molecular complexity index is 412. The van der Waals surface area contributed by atoms with Crippen molar-refractivity contribution >= 4 is 17.6 Å². The predicted molar refractivity (Wildman–Crippen MR) is 129 cm³/mol. The van der Waals surface area contributed by atoms with Gasteiger partial charge >= 0.3 is 17.6 Å². The van der Waals surface area contributed by atoms with Crippen LogP contribution in [0.25, 0.3) is 0 Å². The molecule has 0 bridgehead atoms. The topological polar surface area (TPSA) is 64.6 Å². The molecule has 0 aliphatic carbocycles. The van der Waals surface area contributed by atoms with E-state index in [2.05, 4.69) is 13.2 Å². The number of hydrogen-bond acceptors (Lipinski definition) is 7. The zero-order valence-electron chi connectivity index (χ0n) is 20.8. The van der Waals surface area contributed by atoms with Crippen LogP contribution in [0, 0.1) is 0 Å². The van der Waals surface area contributed by atoms with Gasteiger partial charge in [-0.2, -0.15) is 0 Å². The van der Waals surface area contributed by atoms with Gasteiger partial charge in [0.05, 0.1) is 11.5 Å². The lowest BCUT2D eigenvalue weighted by molar-refractivity contribution is 0.0701. The molecule has 0 aliphatic rings. The standard InChI is InChI=1S/C22H46O7Si2/c1-9-23-30(24-10-2,25-11-3)19-15-17-21(7)29-22(8)18-16-20-31(26-12-4,27-13-5)28-14-6/h7-20H2,1-6H3. The van der Waals surface area contributed by atoms with Crippen molar-refractivity contribution in [2.75, 3.05) is 39.6 Å². The zero-order chi connectivity index (χ0) is 23.6. The molecule has 9 heteroatoms. The Morgan fingerprint density at radius 1 is 0.516 bits per heavy atom. The summed E-state index contributed by atoms with van der Waals surface area (Å²) in [6.45, 7) is 23.3. The Balaban J connectivity index is 4.48. The Morgan fingerprint density at radius 2 is 0.774 bits per heavy atom. The van der Waals surface area contributed by atoms with Crippen LogP contribution in [0.3, 0.4) is 0 Å². The molecular formula is C22H46O7Si2. The number of allylic oxidation sites excluding steroid dienone is 2. The highest BCUT2D eigenvalue weighted by molar-refractivity contribution is 6.61. The van der Waals surface area contributed by atoms with E-state index in [-0.39, 0.29) is 0 Å². The molecule has 0 radical (unpaired) electrons. The van der Waals surface area contributed by atoms with Crippen LogP contribution in [-0.2, 0) is 31.3 Å². The van der Waals surface area contributed by atoms with E-state index in [1.54, 1.807) is 0 Å². The molecule has 0 unspecified atom stereocenters. The Morgan fingerprint density at radius 3 is 1.00 bits per heavy atom. The van der Waals surface area contributed by atoms with Gasteiger partial charge in [0.2, 0.25) is 0 Å². The summed E-state index contributed by atoms with van der Waals surface area (Å²) in [4.78, 5) is 0. The second-order valence-electron chi connectivity index (χ2n) is 6.85. The van der Waals surface area contributed by atoms with E-state index < -0.39 is 17.6 Å². The van der Waals surface area contributed by atoms with E-state index >= 15 is 0 Å². The first-order valence-electron chi connectivity index (χ1n) is 11.7. The maximum atomic E-state index is 5.89. The molecule has 0 spiro atoms. The number of rotatable bonds is 22. The first-order valence-corrected chi connectivity index (χ1v) is 15.6. The van der Waals surface area contributed by atoms with Crippen LogP contribution < -0.4 is 0 Å². The van der Waals surface area contributed by atoms with Crippen LogP contribution in [0.5, 0.6) is 0 Å². The van der Waals surface area contributed by atoms with E-state index in [9.17, 15) is 0 Å². The Hall–Kier alpha value is -0.526. The summed E-state index contributed by atoms with van der Waals surface area (Å²) in [5, 5.41) is 0. The molecule has 7 nitrogen and oxygen atoms in total. The maximum absolute atomic E-state index is 5.89. The molecule has 0 amide bonds. The number of hydrogen-bond donors (Lipinski definition) is 0. The van der Waals surface area contributed by atoms with E-state index in [0.29, 0.717) is 64.0 Å². The summed E-state index contributed by atoms with van der Waals surface area (Å²) in [5.74, 6) is 1.39. The van der Waals surface area contributed by atoms with Crippen molar-refractivity contribution in [3.05, 3.63) is 24.7 Å². The van der Waals surface area contributed by atoms with Crippen molar-refractivity contribution in [3.63, 3.8) is 0 Å². The third-order valence-corrected chi connectivity index (χ3v) is 10.7.